The summed E-state index contributed by atoms with van der Waals surface area (Å²) in [7, 11) is 0. The molecule has 0 aromatic carbocycles. The molecule has 0 spiro atoms. The number of nitro groups is 1. The highest BCUT2D eigenvalue weighted by molar-refractivity contribution is 5.75. The van der Waals surface area contributed by atoms with Crippen molar-refractivity contribution in [2.24, 2.45) is 0 Å². The molecule has 19 heavy (non-hydrogen) atoms. The first-order chi connectivity index (χ1) is 8.98. The highest BCUT2D eigenvalue weighted by Gasteiger charge is 2.32. The normalized spacial score (nSPS) is 22.4. The number of nitrogens with one attached hydrogen (secondary N) is 1. The second-order valence-corrected chi connectivity index (χ2v) is 4.46. The first-order valence-electron chi connectivity index (χ1n) is 5.72. The van der Waals surface area contributed by atoms with E-state index in [1.807, 2.05) is 0 Å². The molecule has 2 N–H and O–H groups in total. The van der Waals surface area contributed by atoms with Gasteiger partial charge in [-0.1, -0.05) is 0 Å². The van der Waals surface area contributed by atoms with Crippen LogP contribution in [0.25, 0.3) is 0 Å². The van der Waals surface area contributed by atoms with E-state index in [4.69, 9.17) is 4.74 Å². The van der Waals surface area contributed by atoms with Gasteiger partial charge in [0.1, 0.15) is 24.5 Å². The molecule has 1 aromatic heterocycles. The van der Waals surface area contributed by atoms with Crippen LogP contribution in [0.15, 0.2) is 12.4 Å². The highest BCUT2D eigenvalue weighted by Crippen LogP contribution is 2.16. The van der Waals surface area contributed by atoms with E-state index < -0.39 is 10.5 Å². The molecule has 1 amide bonds. The molecular formula is C10H14N4O5. The Labute approximate surface area is 108 Å². The third-order valence-corrected chi connectivity index (χ3v) is 2.83. The minimum Gasteiger partial charge on any atom is -0.386 e. The number of nitrogens with zero attached hydrogens (tertiary/aromatic N) is 3. The quantitative estimate of drug-likeness (QED) is 0.526. The van der Waals surface area contributed by atoms with Crippen LogP contribution in [-0.2, 0) is 16.1 Å². The lowest BCUT2D eigenvalue weighted by molar-refractivity contribution is -0.385. The SMILES string of the molecule is O=C(Cn1cc([N+](=O)[O-])cn1)NCC1(O)CCOC1. The first-order valence-corrected chi connectivity index (χ1v) is 5.72. The average molecular weight is 270 g/mol. The van der Waals surface area contributed by atoms with Crippen LogP contribution in [0.2, 0.25) is 0 Å². The van der Waals surface area contributed by atoms with Crippen molar-refractivity contribution in [1.29, 1.82) is 0 Å². The Bertz CT molecular complexity index is 480. The van der Waals surface area contributed by atoms with Crippen molar-refractivity contribution in [3.8, 4) is 0 Å². The van der Waals surface area contributed by atoms with E-state index >= 15 is 0 Å². The Morgan fingerprint density at radius 2 is 2.53 bits per heavy atom. The molecule has 1 fully saturated rings. The van der Waals surface area contributed by atoms with Crippen LogP contribution in [0.1, 0.15) is 6.42 Å². The van der Waals surface area contributed by atoms with Crippen molar-refractivity contribution < 1.29 is 19.6 Å². The molecule has 0 saturated carbocycles. The van der Waals surface area contributed by atoms with Gasteiger partial charge >= 0.3 is 5.69 Å². The molecule has 0 bridgehead atoms. The maximum absolute atomic E-state index is 11.6. The molecule has 9 nitrogen and oxygen atoms in total. The summed E-state index contributed by atoms with van der Waals surface area (Å²) in [5, 5.41) is 26.6. The minimum atomic E-state index is -1.02. The van der Waals surface area contributed by atoms with Gasteiger partial charge in [0.15, 0.2) is 0 Å². The molecule has 1 aliphatic heterocycles. The second kappa shape index (κ2) is 5.33. The fourth-order valence-electron chi connectivity index (χ4n) is 1.74. The maximum atomic E-state index is 11.6. The molecule has 2 rings (SSSR count). The molecule has 1 atom stereocenters. The largest absolute Gasteiger partial charge is 0.386 e. The lowest BCUT2D eigenvalue weighted by Crippen LogP contribution is -2.44. The molecule has 2 heterocycles. The fourth-order valence-corrected chi connectivity index (χ4v) is 1.74. The summed E-state index contributed by atoms with van der Waals surface area (Å²) in [6.07, 6.45) is 2.72. The molecule has 0 aliphatic carbocycles. The maximum Gasteiger partial charge on any atom is 0.307 e. The third kappa shape index (κ3) is 3.48. The van der Waals surface area contributed by atoms with Crippen molar-refractivity contribution in [2.45, 2.75) is 18.6 Å². The summed E-state index contributed by atoms with van der Waals surface area (Å²) in [6.45, 7) is 0.623. The van der Waals surface area contributed by atoms with Crippen molar-refractivity contribution in [2.75, 3.05) is 19.8 Å². The summed E-state index contributed by atoms with van der Waals surface area (Å²) in [6, 6.07) is 0. The molecule has 1 saturated heterocycles. The van der Waals surface area contributed by atoms with Crippen LogP contribution in [0.5, 0.6) is 0 Å². The molecule has 1 unspecified atom stereocenters. The molecule has 104 valence electrons. The zero-order valence-electron chi connectivity index (χ0n) is 10.1. The number of aliphatic hydroxyl groups is 1. The van der Waals surface area contributed by atoms with E-state index in [9.17, 15) is 20.0 Å². The monoisotopic (exact) mass is 270 g/mol. The van der Waals surface area contributed by atoms with Crippen molar-refractivity contribution >= 4 is 11.6 Å². The summed E-state index contributed by atoms with van der Waals surface area (Å²) in [5.41, 5.74) is -1.19. The van der Waals surface area contributed by atoms with Gasteiger partial charge in [-0.25, -0.2) is 0 Å². The number of carbonyl (C=O) groups is 1. The smallest absolute Gasteiger partial charge is 0.307 e. The van der Waals surface area contributed by atoms with Crippen LogP contribution in [0.4, 0.5) is 5.69 Å². The Morgan fingerprint density at radius 1 is 1.74 bits per heavy atom. The predicted octanol–water partition coefficient (Wildman–Crippen LogP) is -0.941. The molecule has 9 heteroatoms. The number of hydrogen-bond acceptors (Lipinski definition) is 6. The third-order valence-electron chi connectivity index (χ3n) is 2.83. The standard InChI is InChI=1S/C10H14N4O5/c15-9(11-6-10(16)1-2-19-7-10)5-13-4-8(3-12-13)14(17)18/h3-4,16H,1-2,5-7H2,(H,11,15). The molecule has 1 aromatic rings. The van der Waals surface area contributed by atoms with Crippen LogP contribution >= 0.6 is 0 Å². The molecular weight excluding hydrogens is 256 g/mol. The van der Waals surface area contributed by atoms with Crippen LogP contribution < -0.4 is 5.32 Å². The number of carbonyl (C=O) groups excluding carboxylic acids is 1. The lowest BCUT2D eigenvalue weighted by atomic mass is 10.0. The van der Waals surface area contributed by atoms with Crippen molar-refractivity contribution in [3.63, 3.8) is 0 Å². The van der Waals surface area contributed by atoms with Gasteiger partial charge < -0.3 is 15.2 Å². The van der Waals surface area contributed by atoms with E-state index in [1.165, 1.54) is 10.9 Å². The van der Waals surface area contributed by atoms with E-state index in [0.29, 0.717) is 13.0 Å². The fraction of sp³-hybridized carbons (Fsp3) is 0.600. The Morgan fingerprint density at radius 3 is 3.11 bits per heavy atom. The van der Waals surface area contributed by atoms with Gasteiger partial charge in [-0.2, -0.15) is 5.10 Å². The Hall–Kier alpha value is -2.00. The number of aromatic nitrogens is 2. The predicted molar refractivity (Wildman–Crippen MR) is 62.3 cm³/mol. The topological polar surface area (TPSA) is 120 Å². The van der Waals surface area contributed by atoms with Crippen LogP contribution in [-0.4, -0.2) is 51.1 Å². The van der Waals surface area contributed by atoms with Gasteiger partial charge in [0, 0.05) is 19.6 Å². The molecule has 1 aliphatic rings. The van der Waals surface area contributed by atoms with E-state index in [1.54, 1.807) is 0 Å². The first kappa shape index (κ1) is 13.4. The Kier molecular flexibility index (Phi) is 3.76. The van der Waals surface area contributed by atoms with Gasteiger partial charge in [0.2, 0.25) is 5.91 Å². The lowest BCUT2D eigenvalue weighted by Gasteiger charge is -2.20. The van der Waals surface area contributed by atoms with Gasteiger partial charge in [-0.15, -0.1) is 0 Å². The van der Waals surface area contributed by atoms with Crippen molar-refractivity contribution in [3.05, 3.63) is 22.5 Å². The number of ether oxygens (including phenoxy) is 1. The highest BCUT2D eigenvalue weighted by atomic mass is 16.6. The number of amides is 1. The van der Waals surface area contributed by atoms with Gasteiger partial charge in [-0.05, 0) is 0 Å². The van der Waals surface area contributed by atoms with Crippen LogP contribution in [0.3, 0.4) is 0 Å². The summed E-state index contributed by atoms with van der Waals surface area (Å²) >= 11 is 0. The van der Waals surface area contributed by atoms with Crippen LogP contribution in [0, 0.1) is 10.1 Å². The zero-order chi connectivity index (χ0) is 13.9. The minimum absolute atomic E-state index is 0.0925. The van der Waals surface area contributed by atoms with E-state index in [0.717, 1.165) is 6.20 Å². The zero-order valence-corrected chi connectivity index (χ0v) is 10.1. The van der Waals surface area contributed by atoms with E-state index in [-0.39, 0.29) is 31.3 Å². The van der Waals surface area contributed by atoms with E-state index in [2.05, 4.69) is 10.4 Å². The summed E-state index contributed by atoms with van der Waals surface area (Å²) in [5.74, 6) is -0.377. The summed E-state index contributed by atoms with van der Waals surface area (Å²) < 4.78 is 6.22. The van der Waals surface area contributed by atoms with Crippen molar-refractivity contribution in [1.82, 2.24) is 15.1 Å². The van der Waals surface area contributed by atoms with Gasteiger partial charge in [0.05, 0.1) is 11.5 Å². The average Bonchev–Trinajstić information content (AvgIpc) is 2.97. The number of hydrogen-bond donors (Lipinski definition) is 2. The van der Waals surface area contributed by atoms with Gasteiger partial charge in [-0.3, -0.25) is 19.6 Å². The summed E-state index contributed by atoms with van der Waals surface area (Å²) in [4.78, 5) is 21.5. The second-order valence-electron chi connectivity index (χ2n) is 4.46. The Balaban J connectivity index is 1.82. The number of rotatable bonds is 5. The van der Waals surface area contributed by atoms with Gasteiger partial charge in [0.25, 0.3) is 0 Å². The molecule has 0 radical (unpaired) electrons.